The Hall–Kier alpha value is -1.77. The highest BCUT2D eigenvalue weighted by Crippen LogP contribution is 2.21. The number of hydrogen-bond acceptors (Lipinski definition) is 3. The highest BCUT2D eigenvalue weighted by atomic mass is 16.3. The van der Waals surface area contributed by atoms with Gasteiger partial charge < -0.3 is 10.2 Å². The molecular formula is C9H7NO2. The minimum Gasteiger partial charge on any atom is -0.464 e. The molecular weight excluding hydrogens is 154 g/mol. The van der Waals surface area contributed by atoms with E-state index < -0.39 is 0 Å². The van der Waals surface area contributed by atoms with E-state index in [1.165, 1.54) is 6.26 Å². The Morgan fingerprint density at radius 2 is 2.25 bits per heavy atom. The highest BCUT2D eigenvalue weighted by Gasteiger charge is 2.03. The van der Waals surface area contributed by atoms with Gasteiger partial charge in [0, 0.05) is 11.1 Å². The van der Waals surface area contributed by atoms with Crippen LogP contribution < -0.4 is 5.73 Å². The predicted molar refractivity (Wildman–Crippen MR) is 46.0 cm³/mol. The van der Waals surface area contributed by atoms with Crippen molar-refractivity contribution in [2.24, 2.45) is 0 Å². The van der Waals surface area contributed by atoms with E-state index in [4.69, 9.17) is 10.2 Å². The molecule has 0 saturated heterocycles. The monoisotopic (exact) mass is 161 g/mol. The second kappa shape index (κ2) is 2.37. The zero-order valence-electron chi connectivity index (χ0n) is 6.28. The first-order valence-electron chi connectivity index (χ1n) is 3.53. The third kappa shape index (κ3) is 0.871. The maximum Gasteiger partial charge on any atom is 0.153 e. The van der Waals surface area contributed by atoms with Gasteiger partial charge in [-0.05, 0) is 18.2 Å². The molecule has 0 aliphatic heterocycles. The molecule has 2 N–H and O–H groups in total. The zero-order valence-corrected chi connectivity index (χ0v) is 6.28. The third-order valence-corrected chi connectivity index (χ3v) is 1.75. The maximum atomic E-state index is 10.5. The fraction of sp³-hybridized carbons (Fsp3) is 0. The van der Waals surface area contributed by atoms with E-state index in [0.29, 0.717) is 16.8 Å². The van der Waals surface area contributed by atoms with Gasteiger partial charge in [0.05, 0.1) is 5.56 Å². The van der Waals surface area contributed by atoms with E-state index in [0.717, 1.165) is 11.7 Å². The Morgan fingerprint density at radius 3 is 3.00 bits per heavy atom. The van der Waals surface area contributed by atoms with Crippen molar-refractivity contribution in [3.8, 4) is 0 Å². The SMILES string of the molecule is Nc1ccc2occ(C=O)c2c1. The first kappa shape index (κ1) is 6.91. The number of benzene rings is 1. The van der Waals surface area contributed by atoms with Gasteiger partial charge in [-0.3, -0.25) is 4.79 Å². The van der Waals surface area contributed by atoms with Crippen LogP contribution in [0, 0.1) is 0 Å². The average molecular weight is 161 g/mol. The third-order valence-electron chi connectivity index (χ3n) is 1.75. The number of anilines is 1. The summed E-state index contributed by atoms with van der Waals surface area (Å²) in [7, 11) is 0. The minimum atomic E-state index is 0.539. The largest absolute Gasteiger partial charge is 0.464 e. The molecule has 3 heteroatoms. The molecule has 1 aromatic heterocycles. The smallest absolute Gasteiger partial charge is 0.153 e. The van der Waals surface area contributed by atoms with Crippen LogP contribution in [0.2, 0.25) is 0 Å². The molecule has 3 nitrogen and oxygen atoms in total. The van der Waals surface area contributed by atoms with Gasteiger partial charge in [0.25, 0.3) is 0 Å². The molecule has 12 heavy (non-hydrogen) atoms. The molecule has 60 valence electrons. The molecule has 0 saturated carbocycles. The number of carbonyl (C=O) groups is 1. The lowest BCUT2D eigenvalue weighted by Gasteiger charge is -1.91. The number of hydrogen-bond donors (Lipinski definition) is 1. The van der Waals surface area contributed by atoms with Crippen molar-refractivity contribution in [2.45, 2.75) is 0 Å². The van der Waals surface area contributed by atoms with Crippen LogP contribution >= 0.6 is 0 Å². The predicted octanol–water partition coefficient (Wildman–Crippen LogP) is 1.83. The second-order valence-corrected chi connectivity index (χ2v) is 2.56. The summed E-state index contributed by atoms with van der Waals surface area (Å²) in [5.41, 5.74) is 7.41. The first-order chi connectivity index (χ1) is 5.81. The molecule has 2 rings (SSSR count). The summed E-state index contributed by atoms with van der Waals surface area (Å²) >= 11 is 0. The van der Waals surface area contributed by atoms with Gasteiger partial charge in [0.1, 0.15) is 11.8 Å². The van der Waals surface area contributed by atoms with E-state index in [2.05, 4.69) is 0 Å². The molecule has 0 fully saturated rings. The molecule has 1 heterocycles. The lowest BCUT2D eigenvalue weighted by Crippen LogP contribution is -1.83. The van der Waals surface area contributed by atoms with Crippen LogP contribution in [-0.4, -0.2) is 6.29 Å². The van der Waals surface area contributed by atoms with Crippen LogP contribution in [0.25, 0.3) is 11.0 Å². The van der Waals surface area contributed by atoms with Gasteiger partial charge >= 0.3 is 0 Å². The summed E-state index contributed by atoms with van der Waals surface area (Å²) in [6.07, 6.45) is 2.18. The van der Waals surface area contributed by atoms with Gasteiger partial charge in [0.2, 0.25) is 0 Å². The van der Waals surface area contributed by atoms with Crippen LogP contribution in [0.15, 0.2) is 28.9 Å². The van der Waals surface area contributed by atoms with E-state index in [1.54, 1.807) is 18.2 Å². The van der Waals surface area contributed by atoms with Crippen molar-refractivity contribution in [3.05, 3.63) is 30.0 Å². The number of aldehydes is 1. The summed E-state index contributed by atoms with van der Waals surface area (Å²) < 4.78 is 5.11. The Morgan fingerprint density at radius 1 is 1.42 bits per heavy atom. The number of furan rings is 1. The van der Waals surface area contributed by atoms with Gasteiger partial charge in [0.15, 0.2) is 6.29 Å². The number of fused-ring (bicyclic) bond motifs is 1. The molecule has 1 aromatic carbocycles. The van der Waals surface area contributed by atoms with Crippen molar-refractivity contribution in [1.82, 2.24) is 0 Å². The van der Waals surface area contributed by atoms with E-state index in [1.807, 2.05) is 0 Å². The van der Waals surface area contributed by atoms with Crippen LogP contribution in [0.1, 0.15) is 10.4 Å². The molecule has 0 atom stereocenters. The number of nitrogen functional groups attached to an aromatic ring is 1. The van der Waals surface area contributed by atoms with Gasteiger partial charge in [-0.2, -0.15) is 0 Å². The van der Waals surface area contributed by atoms with Crippen molar-refractivity contribution in [2.75, 3.05) is 5.73 Å². The first-order valence-corrected chi connectivity index (χ1v) is 3.53. The lowest BCUT2D eigenvalue weighted by molar-refractivity contribution is 0.112. The van der Waals surface area contributed by atoms with Crippen LogP contribution in [-0.2, 0) is 0 Å². The zero-order chi connectivity index (χ0) is 8.55. The Bertz CT molecular complexity index is 431. The van der Waals surface area contributed by atoms with Crippen LogP contribution in [0.5, 0.6) is 0 Å². The van der Waals surface area contributed by atoms with Crippen LogP contribution in [0.4, 0.5) is 5.69 Å². The van der Waals surface area contributed by atoms with E-state index in [-0.39, 0.29) is 0 Å². The molecule has 2 aromatic rings. The van der Waals surface area contributed by atoms with Crippen LogP contribution in [0.3, 0.4) is 0 Å². The van der Waals surface area contributed by atoms with Crippen molar-refractivity contribution in [3.63, 3.8) is 0 Å². The standard InChI is InChI=1S/C9H7NO2/c10-7-1-2-9-8(3-7)6(4-11)5-12-9/h1-5H,10H2. The molecule has 0 bridgehead atoms. The van der Waals surface area contributed by atoms with Gasteiger partial charge in [-0.15, -0.1) is 0 Å². The fourth-order valence-corrected chi connectivity index (χ4v) is 1.16. The molecule has 0 aliphatic carbocycles. The quantitative estimate of drug-likeness (QED) is 0.512. The summed E-state index contributed by atoms with van der Waals surface area (Å²) in [6.45, 7) is 0. The lowest BCUT2D eigenvalue weighted by atomic mass is 10.2. The minimum absolute atomic E-state index is 0.539. The fourth-order valence-electron chi connectivity index (χ4n) is 1.16. The van der Waals surface area contributed by atoms with Gasteiger partial charge in [-0.25, -0.2) is 0 Å². The van der Waals surface area contributed by atoms with Crippen molar-refractivity contribution in [1.29, 1.82) is 0 Å². The summed E-state index contributed by atoms with van der Waals surface area (Å²) in [4.78, 5) is 10.5. The average Bonchev–Trinajstić information content (AvgIpc) is 2.46. The van der Waals surface area contributed by atoms with E-state index >= 15 is 0 Å². The topological polar surface area (TPSA) is 56.2 Å². The summed E-state index contributed by atoms with van der Waals surface area (Å²) in [5.74, 6) is 0. The highest BCUT2D eigenvalue weighted by molar-refractivity contribution is 5.97. The molecule has 0 amide bonds. The molecule has 0 unspecified atom stereocenters. The number of rotatable bonds is 1. The van der Waals surface area contributed by atoms with Crippen molar-refractivity contribution >= 4 is 22.9 Å². The molecule has 0 spiro atoms. The summed E-state index contributed by atoms with van der Waals surface area (Å²) in [5, 5.41) is 0.769. The van der Waals surface area contributed by atoms with Crippen molar-refractivity contribution < 1.29 is 9.21 Å². The molecule has 0 radical (unpaired) electrons. The maximum absolute atomic E-state index is 10.5. The van der Waals surface area contributed by atoms with E-state index in [9.17, 15) is 4.79 Å². The summed E-state index contributed by atoms with van der Waals surface area (Å²) in [6, 6.07) is 5.21. The Labute approximate surface area is 68.8 Å². The number of carbonyl (C=O) groups excluding carboxylic acids is 1. The normalized spacial score (nSPS) is 10.3. The molecule has 0 aliphatic rings. The Balaban J connectivity index is 2.83. The Kier molecular flexibility index (Phi) is 1.37. The van der Waals surface area contributed by atoms with Gasteiger partial charge in [-0.1, -0.05) is 0 Å². The number of nitrogens with two attached hydrogens (primary N) is 1. The second-order valence-electron chi connectivity index (χ2n) is 2.56.